The number of rotatable bonds is 7. The number of hydrogen-bond donors (Lipinski definition) is 1. The fourth-order valence-electron chi connectivity index (χ4n) is 2.30. The number of nitro benzene ring substituents is 1. The number of hydrogen-bond acceptors (Lipinski definition) is 7. The number of anilines is 1. The molecule has 0 aliphatic carbocycles. The first-order valence-corrected chi connectivity index (χ1v) is 8.47. The second-order valence-corrected chi connectivity index (χ2v) is 5.66. The van der Waals surface area contributed by atoms with Gasteiger partial charge < -0.3 is 14.8 Å². The number of nitro groups is 1. The summed E-state index contributed by atoms with van der Waals surface area (Å²) in [6.45, 7) is 3.35. The van der Waals surface area contributed by atoms with Gasteiger partial charge in [-0.25, -0.2) is 0 Å². The molecule has 0 saturated carbocycles. The smallest absolute Gasteiger partial charge is 0.308 e. The maximum absolute atomic E-state index is 12.4. The molecule has 2 aromatic carbocycles. The molecule has 0 fully saturated rings. The highest BCUT2D eigenvalue weighted by Crippen LogP contribution is 2.29. The summed E-state index contributed by atoms with van der Waals surface area (Å²) in [5.41, 5.74) is 0.489. The first-order chi connectivity index (χ1) is 13.8. The van der Waals surface area contributed by atoms with Gasteiger partial charge in [0.1, 0.15) is 11.6 Å². The molecule has 1 amide bonds. The summed E-state index contributed by atoms with van der Waals surface area (Å²) in [6.07, 6.45) is 1.35. The van der Waals surface area contributed by atoms with Crippen LogP contribution in [0.1, 0.15) is 19.4 Å². The Morgan fingerprint density at radius 2 is 1.90 bits per heavy atom. The van der Waals surface area contributed by atoms with Crippen molar-refractivity contribution in [3.63, 3.8) is 0 Å². The lowest BCUT2D eigenvalue weighted by molar-refractivity contribution is -0.384. The van der Waals surface area contributed by atoms with Crippen molar-refractivity contribution in [2.24, 2.45) is 0 Å². The lowest BCUT2D eigenvalue weighted by Gasteiger charge is -2.10. The number of carbonyl (C=O) groups is 2. The summed E-state index contributed by atoms with van der Waals surface area (Å²) >= 11 is 0. The van der Waals surface area contributed by atoms with Crippen LogP contribution in [-0.2, 0) is 9.59 Å². The quantitative estimate of drug-likeness (QED) is 0.190. The fraction of sp³-hybridized carbons (Fsp3) is 0.150. The standard InChI is InChI=1S/C20H17N3O6/c1-3-28-19-11-14(4-9-18(19)29-13(2)24)10-15(12-21)20(25)22-16-5-7-17(8-6-16)23(26)27/h4-11H,3H2,1-2H3,(H,22,25)/b15-10+. The van der Waals surface area contributed by atoms with E-state index in [1.54, 1.807) is 13.0 Å². The highest BCUT2D eigenvalue weighted by Gasteiger charge is 2.13. The third kappa shape index (κ3) is 5.90. The number of benzene rings is 2. The predicted molar refractivity (Wildman–Crippen MR) is 104 cm³/mol. The second kappa shape index (κ2) is 9.66. The van der Waals surface area contributed by atoms with Crippen LogP contribution < -0.4 is 14.8 Å². The van der Waals surface area contributed by atoms with Crippen molar-refractivity contribution in [2.75, 3.05) is 11.9 Å². The van der Waals surface area contributed by atoms with Gasteiger partial charge in [0.05, 0.1) is 11.5 Å². The van der Waals surface area contributed by atoms with Crippen molar-refractivity contribution in [1.82, 2.24) is 0 Å². The van der Waals surface area contributed by atoms with Gasteiger partial charge in [0, 0.05) is 24.7 Å². The molecule has 148 valence electrons. The number of carbonyl (C=O) groups excluding carboxylic acids is 2. The third-order valence-corrected chi connectivity index (χ3v) is 3.53. The van der Waals surface area contributed by atoms with Gasteiger partial charge in [-0.15, -0.1) is 0 Å². The first-order valence-electron chi connectivity index (χ1n) is 8.47. The molecule has 9 heteroatoms. The average Bonchev–Trinajstić information content (AvgIpc) is 2.68. The molecule has 2 rings (SSSR count). The zero-order valence-electron chi connectivity index (χ0n) is 15.7. The van der Waals surface area contributed by atoms with Crippen molar-refractivity contribution >= 4 is 29.3 Å². The number of nitriles is 1. The Balaban J connectivity index is 2.24. The first kappa shape index (κ1) is 21.1. The molecule has 0 saturated heterocycles. The van der Waals surface area contributed by atoms with Gasteiger partial charge in [0.15, 0.2) is 11.5 Å². The molecular formula is C20H17N3O6. The zero-order chi connectivity index (χ0) is 21.4. The van der Waals surface area contributed by atoms with E-state index in [2.05, 4.69) is 5.32 Å². The Morgan fingerprint density at radius 3 is 2.45 bits per heavy atom. The molecule has 0 aliphatic rings. The monoisotopic (exact) mass is 395 g/mol. The van der Waals surface area contributed by atoms with Crippen molar-refractivity contribution < 1.29 is 24.0 Å². The molecule has 0 aromatic heterocycles. The largest absolute Gasteiger partial charge is 0.490 e. The maximum atomic E-state index is 12.4. The number of non-ortho nitro benzene ring substituents is 1. The summed E-state index contributed by atoms with van der Waals surface area (Å²) in [4.78, 5) is 33.7. The van der Waals surface area contributed by atoms with Crippen molar-refractivity contribution in [3.05, 3.63) is 63.7 Å². The van der Waals surface area contributed by atoms with Gasteiger partial charge in [0.25, 0.3) is 11.6 Å². The van der Waals surface area contributed by atoms with Crippen LogP contribution in [0.25, 0.3) is 6.08 Å². The van der Waals surface area contributed by atoms with Crippen LogP contribution in [0, 0.1) is 21.4 Å². The Kier molecular flexibility index (Phi) is 7.03. The van der Waals surface area contributed by atoms with Gasteiger partial charge in [0.2, 0.25) is 0 Å². The Bertz CT molecular complexity index is 1010. The van der Waals surface area contributed by atoms with Crippen molar-refractivity contribution in [1.29, 1.82) is 5.26 Å². The van der Waals surface area contributed by atoms with Gasteiger partial charge >= 0.3 is 5.97 Å². The molecule has 0 atom stereocenters. The van der Waals surface area contributed by atoms with Crippen molar-refractivity contribution in [2.45, 2.75) is 13.8 Å². The van der Waals surface area contributed by atoms with Crippen LogP contribution in [0.3, 0.4) is 0 Å². The van der Waals surface area contributed by atoms with E-state index in [4.69, 9.17) is 9.47 Å². The van der Waals surface area contributed by atoms with Gasteiger partial charge in [-0.3, -0.25) is 19.7 Å². The average molecular weight is 395 g/mol. The summed E-state index contributed by atoms with van der Waals surface area (Å²) in [5.74, 6) is -0.660. The maximum Gasteiger partial charge on any atom is 0.308 e. The number of ether oxygens (including phenoxy) is 2. The normalized spacial score (nSPS) is 10.6. The summed E-state index contributed by atoms with van der Waals surface area (Å²) in [6, 6.07) is 11.6. The van der Waals surface area contributed by atoms with E-state index >= 15 is 0 Å². The zero-order valence-corrected chi connectivity index (χ0v) is 15.7. The molecule has 1 N–H and O–H groups in total. The fourth-order valence-corrected chi connectivity index (χ4v) is 2.30. The molecule has 29 heavy (non-hydrogen) atoms. The van der Waals surface area contributed by atoms with Crippen LogP contribution in [0.15, 0.2) is 48.0 Å². The minimum Gasteiger partial charge on any atom is -0.490 e. The molecule has 0 radical (unpaired) electrons. The van der Waals surface area contributed by atoms with Gasteiger partial charge in [-0.1, -0.05) is 6.07 Å². The molecule has 9 nitrogen and oxygen atoms in total. The third-order valence-electron chi connectivity index (χ3n) is 3.53. The van der Waals surface area contributed by atoms with Crippen molar-refractivity contribution in [3.8, 4) is 17.6 Å². The number of nitrogens with one attached hydrogen (secondary N) is 1. The number of amides is 1. The van der Waals surface area contributed by atoms with Gasteiger partial charge in [-0.2, -0.15) is 5.26 Å². The predicted octanol–water partition coefficient (Wildman–Crippen LogP) is 3.46. The molecule has 0 heterocycles. The van der Waals surface area contributed by atoms with E-state index in [9.17, 15) is 25.0 Å². The summed E-state index contributed by atoms with van der Waals surface area (Å²) in [5, 5.41) is 22.5. The van der Waals surface area contributed by atoms with E-state index in [1.165, 1.54) is 49.4 Å². The van der Waals surface area contributed by atoms with E-state index in [0.717, 1.165) is 0 Å². The SMILES string of the molecule is CCOc1cc(/C=C(\C#N)C(=O)Nc2ccc([N+](=O)[O-])cc2)ccc1OC(C)=O. The van der Waals surface area contributed by atoms with Crippen LogP contribution in [0.5, 0.6) is 11.5 Å². The summed E-state index contributed by atoms with van der Waals surface area (Å²) < 4.78 is 10.5. The van der Waals surface area contributed by atoms with E-state index in [0.29, 0.717) is 23.6 Å². The summed E-state index contributed by atoms with van der Waals surface area (Å²) in [7, 11) is 0. The molecule has 0 aliphatic heterocycles. The molecule has 2 aromatic rings. The minimum absolute atomic E-state index is 0.115. The van der Waals surface area contributed by atoms with Crippen LogP contribution in [-0.4, -0.2) is 23.4 Å². The highest BCUT2D eigenvalue weighted by atomic mass is 16.6. The Labute approximate surface area is 166 Å². The number of nitrogens with zero attached hydrogens (tertiary/aromatic N) is 2. The Hall–Kier alpha value is -4.19. The minimum atomic E-state index is -0.677. The van der Waals surface area contributed by atoms with E-state index in [1.807, 2.05) is 6.07 Å². The highest BCUT2D eigenvalue weighted by molar-refractivity contribution is 6.09. The molecule has 0 spiro atoms. The number of esters is 1. The van der Waals surface area contributed by atoms with Gasteiger partial charge in [-0.05, 0) is 42.8 Å². The van der Waals surface area contributed by atoms with Crippen LogP contribution >= 0.6 is 0 Å². The second-order valence-electron chi connectivity index (χ2n) is 5.66. The van der Waals surface area contributed by atoms with Crippen LogP contribution in [0.2, 0.25) is 0 Å². The topological polar surface area (TPSA) is 132 Å². The Morgan fingerprint density at radius 1 is 1.21 bits per heavy atom. The lowest BCUT2D eigenvalue weighted by Crippen LogP contribution is -2.13. The van der Waals surface area contributed by atoms with Crippen LogP contribution in [0.4, 0.5) is 11.4 Å². The lowest BCUT2D eigenvalue weighted by atomic mass is 10.1. The molecular weight excluding hydrogens is 378 g/mol. The molecule has 0 unspecified atom stereocenters. The van der Waals surface area contributed by atoms with E-state index in [-0.39, 0.29) is 17.0 Å². The van der Waals surface area contributed by atoms with E-state index < -0.39 is 16.8 Å². The molecule has 0 bridgehead atoms.